The number of benzene rings is 2. The van der Waals surface area contributed by atoms with Gasteiger partial charge in [-0.1, -0.05) is 18.7 Å². The number of fused-ring (bicyclic) bond motifs is 1. The molecule has 0 spiro atoms. The summed E-state index contributed by atoms with van der Waals surface area (Å²) in [4.78, 5) is 22.9. The minimum absolute atomic E-state index is 0.0513. The highest BCUT2D eigenvalue weighted by atomic mass is 16.6. The maximum atomic E-state index is 11.7. The van der Waals surface area contributed by atoms with Crippen LogP contribution in [0.5, 0.6) is 11.5 Å². The summed E-state index contributed by atoms with van der Waals surface area (Å²) in [6.07, 6.45) is -0.622. The summed E-state index contributed by atoms with van der Waals surface area (Å²) in [6, 6.07) is 10.9. The zero-order valence-electron chi connectivity index (χ0n) is 13.6. The molecular weight excluding hydrogens is 310 g/mol. The molecule has 0 bridgehead atoms. The Morgan fingerprint density at radius 2 is 2.00 bits per heavy atom. The van der Waals surface area contributed by atoms with E-state index in [9.17, 15) is 9.59 Å². The lowest BCUT2D eigenvalue weighted by Gasteiger charge is -2.09. The normalized spacial score (nSPS) is 10.1. The number of ether oxygens (including phenoxy) is 3. The standard InChI is InChI=1S/C18H19NO5/c1-12(2)17(20)23-10-9-19-18(21)24-14-7-8-15-13(11-14)5-4-6-16(15)22-3/h4-8,11H,1,9-10H2,2-3H3,(H,19,21). The molecule has 0 aliphatic heterocycles. The van der Waals surface area contributed by atoms with Crippen LogP contribution in [0.25, 0.3) is 10.8 Å². The van der Waals surface area contributed by atoms with E-state index in [4.69, 9.17) is 14.2 Å². The molecule has 0 aliphatic rings. The number of methoxy groups -OCH3 is 1. The molecule has 2 rings (SSSR count). The van der Waals surface area contributed by atoms with Crippen molar-refractivity contribution in [2.45, 2.75) is 6.92 Å². The van der Waals surface area contributed by atoms with Gasteiger partial charge in [0.1, 0.15) is 18.1 Å². The number of carbonyl (C=O) groups is 2. The lowest BCUT2D eigenvalue weighted by molar-refractivity contribution is -0.138. The number of rotatable bonds is 6. The van der Waals surface area contributed by atoms with Crippen LogP contribution in [0.3, 0.4) is 0 Å². The van der Waals surface area contributed by atoms with E-state index in [0.717, 1.165) is 16.5 Å². The van der Waals surface area contributed by atoms with Gasteiger partial charge in [-0.15, -0.1) is 0 Å². The van der Waals surface area contributed by atoms with E-state index in [1.807, 2.05) is 24.3 Å². The zero-order valence-corrected chi connectivity index (χ0v) is 13.6. The Balaban J connectivity index is 1.89. The molecule has 0 atom stereocenters. The first kappa shape index (κ1) is 17.3. The van der Waals surface area contributed by atoms with Crippen LogP contribution < -0.4 is 14.8 Å². The van der Waals surface area contributed by atoms with Crippen molar-refractivity contribution in [3.05, 3.63) is 48.6 Å². The Kier molecular flexibility index (Phi) is 5.78. The number of amides is 1. The Morgan fingerprint density at radius 1 is 1.21 bits per heavy atom. The zero-order chi connectivity index (χ0) is 17.5. The van der Waals surface area contributed by atoms with Gasteiger partial charge >= 0.3 is 12.1 Å². The SMILES string of the molecule is C=C(C)C(=O)OCCNC(=O)Oc1ccc2c(OC)cccc2c1. The molecule has 0 heterocycles. The van der Waals surface area contributed by atoms with Crippen LogP contribution in [-0.2, 0) is 9.53 Å². The van der Waals surface area contributed by atoms with Gasteiger partial charge in [0, 0.05) is 11.0 Å². The lowest BCUT2D eigenvalue weighted by Crippen LogP contribution is -2.30. The molecule has 0 fully saturated rings. The number of nitrogens with one attached hydrogen (secondary N) is 1. The Hall–Kier alpha value is -3.02. The monoisotopic (exact) mass is 329 g/mol. The van der Waals surface area contributed by atoms with Crippen LogP contribution in [0.15, 0.2) is 48.6 Å². The highest BCUT2D eigenvalue weighted by molar-refractivity contribution is 5.90. The minimum atomic E-state index is -0.622. The fraction of sp³-hybridized carbons (Fsp3) is 0.222. The minimum Gasteiger partial charge on any atom is -0.496 e. The van der Waals surface area contributed by atoms with Crippen LogP contribution in [0, 0.1) is 0 Å². The fourth-order valence-corrected chi connectivity index (χ4v) is 2.04. The van der Waals surface area contributed by atoms with Crippen molar-refractivity contribution in [1.29, 1.82) is 0 Å². The van der Waals surface area contributed by atoms with Crippen LogP contribution in [-0.4, -0.2) is 32.3 Å². The third kappa shape index (κ3) is 4.49. The maximum Gasteiger partial charge on any atom is 0.412 e. The predicted octanol–water partition coefficient (Wildman–Crippen LogP) is 3.06. The summed E-state index contributed by atoms with van der Waals surface area (Å²) in [5.41, 5.74) is 0.309. The quantitative estimate of drug-likeness (QED) is 0.501. The fourth-order valence-electron chi connectivity index (χ4n) is 2.04. The summed E-state index contributed by atoms with van der Waals surface area (Å²) < 4.78 is 15.3. The highest BCUT2D eigenvalue weighted by Gasteiger charge is 2.08. The first-order valence-electron chi connectivity index (χ1n) is 7.36. The molecule has 1 N–H and O–H groups in total. The maximum absolute atomic E-state index is 11.7. The average molecular weight is 329 g/mol. The van der Waals surface area contributed by atoms with E-state index < -0.39 is 12.1 Å². The first-order valence-corrected chi connectivity index (χ1v) is 7.36. The highest BCUT2D eigenvalue weighted by Crippen LogP contribution is 2.28. The second kappa shape index (κ2) is 8.01. The molecule has 0 saturated carbocycles. The molecule has 2 aromatic rings. The molecule has 126 valence electrons. The Bertz CT molecular complexity index is 769. The van der Waals surface area contributed by atoms with Crippen LogP contribution in [0.1, 0.15) is 6.92 Å². The Morgan fingerprint density at radius 3 is 2.71 bits per heavy atom. The molecule has 24 heavy (non-hydrogen) atoms. The summed E-state index contributed by atoms with van der Waals surface area (Å²) in [6.45, 7) is 5.22. The van der Waals surface area contributed by atoms with Gasteiger partial charge in [-0.3, -0.25) is 0 Å². The van der Waals surface area contributed by atoms with Gasteiger partial charge in [0.05, 0.1) is 13.7 Å². The van der Waals surface area contributed by atoms with E-state index in [-0.39, 0.29) is 13.2 Å². The number of hydrogen-bond acceptors (Lipinski definition) is 5. The molecule has 6 nitrogen and oxygen atoms in total. The van der Waals surface area contributed by atoms with Gasteiger partial charge in [-0.2, -0.15) is 0 Å². The third-order valence-corrected chi connectivity index (χ3v) is 3.20. The van der Waals surface area contributed by atoms with Gasteiger partial charge in [0.15, 0.2) is 0 Å². The number of hydrogen-bond donors (Lipinski definition) is 1. The molecular formula is C18H19NO5. The van der Waals surface area contributed by atoms with E-state index >= 15 is 0 Å². The smallest absolute Gasteiger partial charge is 0.412 e. The molecule has 0 aromatic heterocycles. The summed E-state index contributed by atoms with van der Waals surface area (Å²) in [5.74, 6) is 0.670. The second-order valence-corrected chi connectivity index (χ2v) is 5.08. The Labute approximate surface area is 140 Å². The molecule has 1 amide bonds. The molecule has 0 radical (unpaired) electrons. The lowest BCUT2D eigenvalue weighted by atomic mass is 10.1. The molecule has 0 aliphatic carbocycles. The van der Waals surface area contributed by atoms with Crippen molar-refractivity contribution in [1.82, 2.24) is 5.32 Å². The van der Waals surface area contributed by atoms with Crippen molar-refractivity contribution < 1.29 is 23.8 Å². The summed E-state index contributed by atoms with van der Waals surface area (Å²) in [5, 5.41) is 4.33. The molecule has 6 heteroatoms. The summed E-state index contributed by atoms with van der Waals surface area (Å²) in [7, 11) is 1.60. The number of carbonyl (C=O) groups excluding carboxylic acids is 2. The third-order valence-electron chi connectivity index (χ3n) is 3.20. The first-order chi connectivity index (χ1) is 11.5. The van der Waals surface area contributed by atoms with E-state index in [2.05, 4.69) is 11.9 Å². The van der Waals surface area contributed by atoms with Gasteiger partial charge < -0.3 is 19.5 Å². The van der Waals surface area contributed by atoms with Gasteiger partial charge in [-0.25, -0.2) is 9.59 Å². The van der Waals surface area contributed by atoms with Gasteiger partial charge in [0.2, 0.25) is 0 Å². The van der Waals surface area contributed by atoms with Crippen molar-refractivity contribution in [3.8, 4) is 11.5 Å². The van der Waals surface area contributed by atoms with Crippen molar-refractivity contribution >= 4 is 22.8 Å². The van der Waals surface area contributed by atoms with E-state index in [0.29, 0.717) is 11.3 Å². The average Bonchev–Trinajstić information content (AvgIpc) is 2.57. The van der Waals surface area contributed by atoms with Crippen molar-refractivity contribution in [2.24, 2.45) is 0 Å². The predicted molar refractivity (Wildman–Crippen MR) is 90.3 cm³/mol. The molecule has 0 unspecified atom stereocenters. The van der Waals surface area contributed by atoms with E-state index in [1.54, 1.807) is 26.2 Å². The molecule has 2 aromatic carbocycles. The van der Waals surface area contributed by atoms with Crippen molar-refractivity contribution in [2.75, 3.05) is 20.3 Å². The van der Waals surface area contributed by atoms with Crippen LogP contribution in [0.2, 0.25) is 0 Å². The van der Waals surface area contributed by atoms with Crippen LogP contribution >= 0.6 is 0 Å². The van der Waals surface area contributed by atoms with E-state index in [1.165, 1.54) is 0 Å². The summed E-state index contributed by atoms with van der Waals surface area (Å²) >= 11 is 0. The van der Waals surface area contributed by atoms with Gasteiger partial charge in [0.25, 0.3) is 0 Å². The second-order valence-electron chi connectivity index (χ2n) is 5.08. The van der Waals surface area contributed by atoms with Gasteiger partial charge in [-0.05, 0) is 36.6 Å². The van der Waals surface area contributed by atoms with Crippen molar-refractivity contribution in [3.63, 3.8) is 0 Å². The topological polar surface area (TPSA) is 73.9 Å². The number of esters is 1. The molecule has 0 saturated heterocycles. The van der Waals surface area contributed by atoms with Crippen LogP contribution in [0.4, 0.5) is 4.79 Å². The largest absolute Gasteiger partial charge is 0.496 e.